The van der Waals surface area contributed by atoms with E-state index < -0.39 is 12.0 Å². The third-order valence-corrected chi connectivity index (χ3v) is 2.25. The van der Waals surface area contributed by atoms with Gasteiger partial charge >= 0.3 is 12.0 Å². The molecule has 7 heteroatoms. The molecule has 1 rings (SSSR count). The van der Waals surface area contributed by atoms with E-state index in [9.17, 15) is 9.59 Å². The number of carbonyl (C=O) groups excluding carboxylic acids is 1. The largest absolute Gasteiger partial charge is 0.480 e. The third-order valence-electron chi connectivity index (χ3n) is 2.25. The van der Waals surface area contributed by atoms with Gasteiger partial charge in [0.1, 0.15) is 12.4 Å². The average molecular weight is 252 g/mol. The molecule has 0 atom stereocenters. The van der Waals surface area contributed by atoms with E-state index in [4.69, 9.17) is 5.11 Å². The van der Waals surface area contributed by atoms with E-state index in [2.05, 4.69) is 15.3 Å². The highest BCUT2D eigenvalue weighted by Crippen LogP contribution is 1.96. The summed E-state index contributed by atoms with van der Waals surface area (Å²) in [4.78, 5) is 31.5. The third kappa shape index (κ3) is 4.36. The number of likely N-dealkylation sites (N-methyl/N-ethyl adjacent to an activating group) is 1. The number of nitrogens with one attached hydrogen (secondary N) is 1. The number of amides is 2. The fourth-order valence-corrected chi connectivity index (χ4v) is 1.37. The predicted octanol–water partition coefficient (Wildman–Crippen LogP) is 0.401. The Morgan fingerprint density at radius 2 is 2.22 bits per heavy atom. The van der Waals surface area contributed by atoms with Gasteiger partial charge in [-0.2, -0.15) is 0 Å². The second-order valence-electron chi connectivity index (χ2n) is 3.66. The van der Waals surface area contributed by atoms with Crippen molar-refractivity contribution < 1.29 is 14.7 Å². The van der Waals surface area contributed by atoms with Crippen molar-refractivity contribution in [1.82, 2.24) is 20.2 Å². The molecule has 0 saturated carbocycles. The molecule has 1 heterocycles. The van der Waals surface area contributed by atoms with Crippen LogP contribution in [0.15, 0.2) is 12.3 Å². The van der Waals surface area contributed by atoms with Crippen LogP contribution >= 0.6 is 0 Å². The minimum Gasteiger partial charge on any atom is -0.480 e. The normalized spacial score (nSPS) is 9.89. The Morgan fingerprint density at radius 1 is 1.50 bits per heavy atom. The lowest BCUT2D eigenvalue weighted by molar-refractivity contribution is -0.137. The molecule has 0 radical (unpaired) electrons. The summed E-state index contributed by atoms with van der Waals surface area (Å²) < 4.78 is 0. The molecule has 7 nitrogen and oxygen atoms in total. The van der Waals surface area contributed by atoms with Crippen LogP contribution in [0.5, 0.6) is 0 Å². The van der Waals surface area contributed by atoms with Crippen molar-refractivity contribution in [3.05, 3.63) is 23.8 Å². The summed E-state index contributed by atoms with van der Waals surface area (Å²) in [6, 6.07) is 1.27. The van der Waals surface area contributed by atoms with Crippen molar-refractivity contribution in [2.75, 3.05) is 13.1 Å². The van der Waals surface area contributed by atoms with Crippen LogP contribution in [-0.2, 0) is 11.3 Å². The van der Waals surface area contributed by atoms with E-state index in [0.717, 1.165) is 0 Å². The van der Waals surface area contributed by atoms with E-state index in [1.54, 1.807) is 26.1 Å². The molecule has 2 amide bonds. The van der Waals surface area contributed by atoms with Crippen molar-refractivity contribution in [2.24, 2.45) is 0 Å². The van der Waals surface area contributed by atoms with Gasteiger partial charge in [0.05, 0.1) is 12.2 Å². The average Bonchev–Trinajstić information content (AvgIpc) is 2.33. The lowest BCUT2D eigenvalue weighted by Gasteiger charge is -2.18. The number of urea groups is 1. The van der Waals surface area contributed by atoms with Gasteiger partial charge in [0.15, 0.2) is 0 Å². The molecule has 0 bridgehead atoms. The van der Waals surface area contributed by atoms with Crippen LogP contribution < -0.4 is 5.32 Å². The van der Waals surface area contributed by atoms with Gasteiger partial charge in [-0.3, -0.25) is 4.79 Å². The van der Waals surface area contributed by atoms with Gasteiger partial charge < -0.3 is 15.3 Å². The number of nitrogens with zero attached hydrogens (tertiary/aromatic N) is 3. The van der Waals surface area contributed by atoms with Crippen LogP contribution in [-0.4, -0.2) is 45.1 Å². The quantitative estimate of drug-likeness (QED) is 0.791. The fraction of sp³-hybridized carbons (Fsp3) is 0.455. The van der Waals surface area contributed by atoms with Crippen molar-refractivity contribution in [2.45, 2.75) is 20.4 Å². The molecule has 1 aromatic rings. The monoisotopic (exact) mass is 252 g/mol. The number of aryl methyl sites for hydroxylation is 1. The number of rotatable bonds is 5. The summed E-state index contributed by atoms with van der Waals surface area (Å²) in [6.45, 7) is 3.75. The smallest absolute Gasteiger partial charge is 0.323 e. The first-order valence-corrected chi connectivity index (χ1v) is 5.56. The first kappa shape index (κ1) is 13.9. The van der Waals surface area contributed by atoms with Crippen molar-refractivity contribution in [3.63, 3.8) is 0 Å². The first-order chi connectivity index (χ1) is 8.52. The SMILES string of the molecule is CCN(CC(=O)O)C(=O)NCc1ccnc(C)n1. The number of hydrogen-bond donors (Lipinski definition) is 2. The highest BCUT2D eigenvalue weighted by atomic mass is 16.4. The van der Waals surface area contributed by atoms with Gasteiger partial charge in [-0.1, -0.05) is 0 Å². The van der Waals surface area contributed by atoms with Gasteiger partial charge in [-0.15, -0.1) is 0 Å². The summed E-state index contributed by atoms with van der Waals surface area (Å²) >= 11 is 0. The van der Waals surface area contributed by atoms with Gasteiger partial charge in [-0.25, -0.2) is 14.8 Å². The molecule has 0 aliphatic heterocycles. The molecule has 0 spiro atoms. The van der Waals surface area contributed by atoms with Gasteiger partial charge in [0.25, 0.3) is 0 Å². The van der Waals surface area contributed by atoms with Crippen molar-refractivity contribution in [3.8, 4) is 0 Å². The molecular formula is C11H16N4O3. The summed E-state index contributed by atoms with van der Waals surface area (Å²) in [5.41, 5.74) is 0.683. The number of hydrogen-bond acceptors (Lipinski definition) is 4. The first-order valence-electron chi connectivity index (χ1n) is 5.56. The number of carboxylic acids is 1. The molecule has 2 N–H and O–H groups in total. The Morgan fingerprint density at radius 3 is 2.78 bits per heavy atom. The van der Waals surface area contributed by atoms with Crippen molar-refractivity contribution in [1.29, 1.82) is 0 Å². The zero-order chi connectivity index (χ0) is 13.5. The minimum atomic E-state index is -1.04. The zero-order valence-corrected chi connectivity index (χ0v) is 10.4. The Balaban J connectivity index is 2.51. The molecule has 0 aromatic carbocycles. The number of aliphatic carboxylic acids is 1. The highest BCUT2D eigenvalue weighted by Gasteiger charge is 2.14. The van der Waals surface area contributed by atoms with Crippen molar-refractivity contribution >= 4 is 12.0 Å². The molecule has 0 unspecified atom stereocenters. The maximum Gasteiger partial charge on any atom is 0.323 e. The van der Waals surface area contributed by atoms with Gasteiger partial charge in [0, 0.05) is 12.7 Å². The van der Waals surface area contributed by atoms with Crippen LogP contribution in [0.25, 0.3) is 0 Å². The number of carbonyl (C=O) groups is 2. The lowest BCUT2D eigenvalue weighted by Crippen LogP contribution is -2.42. The Bertz CT molecular complexity index is 436. The molecule has 1 aromatic heterocycles. The topological polar surface area (TPSA) is 95.4 Å². The van der Waals surface area contributed by atoms with E-state index >= 15 is 0 Å². The minimum absolute atomic E-state index is 0.248. The van der Waals surface area contributed by atoms with Gasteiger partial charge in [-0.05, 0) is 19.9 Å². The molecule has 18 heavy (non-hydrogen) atoms. The maximum atomic E-state index is 11.7. The summed E-state index contributed by atoms with van der Waals surface area (Å²) in [5.74, 6) is -0.412. The Kier molecular flexibility index (Phi) is 5.04. The van der Waals surface area contributed by atoms with Crippen LogP contribution in [0.1, 0.15) is 18.4 Å². The van der Waals surface area contributed by atoms with E-state index in [1.165, 1.54) is 4.90 Å². The molecule has 98 valence electrons. The Hall–Kier alpha value is -2.18. The van der Waals surface area contributed by atoms with Crippen LogP contribution in [0.4, 0.5) is 4.79 Å². The van der Waals surface area contributed by atoms with Crippen LogP contribution in [0.3, 0.4) is 0 Å². The fourth-order valence-electron chi connectivity index (χ4n) is 1.37. The summed E-state index contributed by atoms with van der Waals surface area (Å²) in [6.07, 6.45) is 1.61. The molecular weight excluding hydrogens is 236 g/mol. The number of aromatic nitrogens is 2. The predicted molar refractivity (Wildman–Crippen MR) is 63.9 cm³/mol. The maximum absolute atomic E-state index is 11.7. The molecule has 0 fully saturated rings. The summed E-state index contributed by atoms with van der Waals surface area (Å²) in [7, 11) is 0. The molecule has 0 aliphatic carbocycles. The van der Waals surface area contributed by atoms with Crippen LogP contribution in [0, 0.1) is 6.92 Å². The highest BCUT2D eigenvalue weighted by molar-refractivity contribution is 5.79. The standard InChI is InChI=1S/C11H16N4O3/c1-3-15(7-10(16)17)11(18)13-6-9-4-5-12-8(2)14-9/h4-5H,3,6-7H2,1-2H3,(H,13,18)(H,16,17). The van der Waals surface area contributed by atoms with E-state index in [0.29, 0.717) is 18.1 Å². The zero-order valence-electron chi connectivity index (χ0n) is 10.4. The summed E-state index contributed by atoms with van der Waals surface area (Å²) in [5, 5.41) is 11.3. The second-order valence-corrected chi connectivity index (χ2v) is 3.66. The Labute approximate surface area is 105 Å². The lowest BCUT2D eigenvalue weighted by atomic mass is 10.4. The number of carboxylic acid groups (broad SMARTS) is 1. The van der Waals surface area contributed by atoms with Crippen LogP contribution in [0.2, 0.25) is 0 Å². The van der Waals surface area contributed by atoms with E-state index in [-0.39, 0.29) is 13.1 Å². The molecule has 0 aliphatic rings. The van der Waals surface area contributed by atoms with Gasteiger partial charge in [0.2, 0.25) is 0 Å². The second kappa shape index (κ2) is 6.53. The van der Waals surface area contributed by atoms with E-state index in [1.807, 2.05) is 0 Å². The molecule has 0 saturated heterocycles.